The van der Waals surface area contributed by atoms with Crippen molar-refractivity contribution in [3.05, 3.63) is 58.6 Å². The van der Waals surface area contributed by atoms with E-state index < -0.39 is 29.6 Å². The van der Waals surface area contributed by atoms with Crippen LogP contribution in [0.3, 0.4) is 0 Å². The van der Waals surface area contributed by atoms with Gasteiger partial charge in [-0.2, -0.15) is 0 Å². The molecule has 1 saturated heterocycles. The van der Waals surface area contributed by atoms with E-state index in [4.69, 9.17) is 16.3 Å². The number of carbonyl (C=O) groups is 2. The largest absolute Gasteiger partial charge is 0.497 e. The number of nitrogens with zero attached hydrogens (tertiary/aromatic N) is 1. The minimum absolute atomic E-state index is 0.0181. The summed E-state index contributed by atoms with van der Waals surface area (Å²) in [5.74, 6) is -1.98. The number of carbonyl (C=O) groups excluding carboxylic acids is 2. The van der Waals surface area contributed by atoms with E-state index in [1.54, 1.807) is 29.2 Å². The average molecular weight is 464 g/mol. The summed E-state index contributed by atoms with van der Waals surface area (Å²) in [6.07, 6.45) is 2.04. The quantitative estimate of drug-likeness (QED) is 0.683. The molecular weight excluding hydrogens is 440 g/mol. The zero-order valence-corrected chi connectivity index (χ0v) is 18.3. The van der Waals surface area contributed by atoms with Crippen LogP contribution in [0.2, 0.25) is 5.02 Å². The lowest BCUT2D eigenvalue weighted by molar-refractivity contribution is -0.134. The first kappa shape index (κ1) is 22.3. The lowest BCUT2D eigenvalue weighted by Gasteiger charge is -2.39. The van der Waals surface area contributed by atoms with Crippen molar-refractivity contribution in [2.75, 3.05) is 25.5 Å². The second-order valence-electron chi connectivity index (χ2n) is 8.17. The summed E-state index contributed by atoms with van der Waals surface area (Å²) in [4.78, 5) is 26.9. The fraction of sp³-hybridized carbons (Fsp3) is 0.391. The Hall–Kier alpha value is -2.87. The molecule has 0 spiro atoms. The van der Waals surface area contributed by atoms with Gasteiger partial charge in [-0.15, -0.1) is 0 Å². The summed E-state index contributed by atoms with van der Waals surface area (Å²) in [6.45, 7) is 0.556. The van der Waals surface area contributed by atoms with E-state index in [1.807, 2.05) is 0 Å². The summed E-state index contributed by atoms with van der Waals surface area (Å²) in [6, 6.07) is 7.62. The Balaban J connectivity index is 1.56. The van der Waals surface area contributed by atoms with Crippen LogP contribution in [0.15, 0.2) is 36.4 Å². The van der Waals surface area contributed by atoms with Gasteiger partial charge in [0.1, 0.15) is 17.4 Å². The number of piperidine rings is 1. The lowest BCUT2D eigenvalue weighted by atomic mass is 9.84. The Kier molecular flexibility index (Phi) is 6.50. The van der Waals surface area contributed by atoms with Crippen LogP contribution in [-0.4, -0.2) is 43.1 Å². The van der Waals surface area contributed by atoms with Gasteiger partial charge in [-0.05, 0) is 43.5 Å². The van der Waals surface area contributed by atoms with E-state index in [0.717, 1.165) is 25.0 Å². The number of ether oxygens (including phenoxy) is 1. The fourth-order valence-corrected chi connectivity index (χ4v) is 4.26. The first-order valence-corrected chi connectivity index (χ1v) is 10.9. The molecule has 2 atom stereocenters. The van der Waals surface area contributed by atoms with Gasteiger partial charge in [0.05, 0.1) is 13.2 Å². The van der Waals surface area contributed by atoms with Crippen LogP contribution in [0.4, 0.5) is 19.3 Å². The van der Waals surface area contributed by atoms with Crippen molar-refractivity contribution >= 4 is 29.2 Å². The third kappa shape index (κ3) is 4.96. The predicted octanol–water partition coefficient (Wildman–Crippen LogP) is 4.54. The standard InChI is InChI=1S/C23H24ClF2N3O3/c1-32-16-10-18(25)21(19(26)11-16)17-8-9-29(22(30)13-2-3-13)12-20(17)28-23(31)27-15-6-4-14(24)5-7-15/h4-7,10-11,13,17,20H,2-3,8-9,12H2,1H3,(H2,27,28,31)/t17-,20-/m1/s1. The van der Waals surface area contributed by atoms with Crippen LogP contribution in [0.5, 0.6) is 5.75 Å². The Morgan fingerprint density at radius 2 is 1.75 bits per heavy atom. The van der Waals surface area contributed by atoms with E-state index in [2.05, 4.69) is 10.6 Å². The molecule has 2 N–H and O–H groups in total. The first-order chi connectivity index (χ1) is 15.4. The summed E-state index contributed by atoms with van der Waals surface area (Å²) >= 11 is 5.87. The van der Waals surface area contributed by atoms with E-state index >= 15 is 0 Å². The molecule has 1 aliphatic carbocycles. The number of benzene rings is 2. The summed E-state index contributed by atoms with van der Waals surface area (Å²) in [5, 5.41) is 6.04. The van der Waals surface area contributed by atoms with Crippen molar-refractivity contribution in [2.45, 2.75) is 31.2 Å². The SMILES string of the molecule is COc1cc(F)c([C@@H]2CCN(C(=O)C3CC3)C[C@H]2NC(=O)Nc2ccc(Cl)cc2)c(F)c1. The minimum atomic E-state index is -0.737. The summed E-state index contributed by atoms with van der Waals surface area (Å²) < 4.78 is 34.6. The fourth-order valence-electron chi connectivity index (χ4n) is 4.13. The van der Waals surface area contributed by atoms with Crippen molar-refractivity contribution in [1.82, 2.24) is 10.2 Å². The van der Waals surface area contributed by atoms with Crippen molar-refractivity contribution in [1.29, 1.82) is 0 Å². The second kappa shape index (κ2) is 9.32. The minimum Gasteiger partial charge on any atom is -0.497 e. The highest BCUT2D eigenvalue weighted by Crippen LogP contribution is 2.37. The molecule has 2 aromatic rings. The third-order valence-corrected chi connectivity index (χ3v) is 6.18. The number of urea groups is 1. The molecule has 0 unspecified atom stereocenters. The van der Waals surface area contributed by atoms with Gasteiger partial charge in [0.25, 0.3) is 0 Å². The van der Waals surface area contributed by atoms with Gasteiger partial charge in [-0.1, -0.05) is 11.6 Å². The summed E-state index contributed by atoms with van der Waals surface area (Å²) in [5.41, 5.74) is 0.410. The molecule has 32 heavy (non-hydrogen) atoms. The van der Waals surface area contributed by atoms with Crippen molar-refractivity contribution in [3.8, 4) is 5.75 Å². The normalized spacial score (nSPS) is 20.6. The number of methoxy groups -OCH3 is 1. The van der Waals surface area contributed by atoms with Crippen molar-refractivity contribution in [3.63, 3.8) is 0 Å². The van der Waals surface area contributed by atoms with Gasteiger partial charge >= 0.3 is 6.03 Å². The van der Waals surface area contributed by atoms with E-state index in [-0.39, 0.29) is 29.7 Å². The first-order valence-electron chi connectivity index (χ1n) is 10.5. The van der Waals surface area contributed by atoms with Gasteiger partial charge in [-0.3, -0.25) is 4.79 Å². The molecule has 6 nitrogen and oxygen atoms in total. The van der Waals surface area contributed by atoms with Gasteiger partial charge in [0.15, 0.2) is 0 Å². The molecule has 1 saturated carbocycles. The Morgan fingerprint density at radius 1 is 1.09 bits per heavy atom. The number of likely N-dealkylation sites (tertiary alicyclic amines) is 1. The lowest BCUT2D eigenvalue weighted by Crippen LogP contribution is -2.54. The van der Waals surface area contributed by atoms with Crippen LogP contribution in [0.1, 0.15) is 30.7 Å². The number of nitrogens with one attached hydrogen (secondary N) is 2. The van der Waals surface area contributed by atoms with Gasteiger partial charge in [0.2, 0.25) is 5.91 Å². The van der Waals surface area contributed by atoms with E-state index in [1.165, 1.54) is 7.11 Å². The second-order valence-corrected chi connectivity index (χ2v) is 8.61. The highest BCUT2D eigenvalue weighted by atomic mass is 35.5. The number of amides is 3. The zero-order chi connectivity index (χ0) is 22.8. The molecular formula is C23H24ClF2N3O3. The monoisotopic (exact) mass is 463 g/mol. The average Bonchev–Trinajstić information content (AvgIpc) is 3.60. The summed E-state index contributed by atoms with van der Waals surface area (Å²) in [7, 11) is 1.33. The Bertz CT molecular complexity index is 991. The van der Waals surface area contributed by atoms with Crippen LogP contribution in [0, 0.1) is 17.6 Å². The number of anilines is 1. The molecule has 2 aromatic carbocycles. The molecule has 170 valence electrons. The van der Waals surface area contributed by atoms with Gasteiger partial charge in [-0.25, -0.2) is 13.6 Å². The van der Waals surface area contributed by atoms with Gasteiger partial charge < -0.3 is 20.3 Å². The number of rotatable bonds is 5. The van der Waals surface area contributed by atoms with Gasteiger partial charge in [0, 0.05) is 53.3 Å². The van der Waals surface area contributed by atoms with Crippen LogP contribution < -0.4 is 15.4 Å². The molecule has 0 aromatic heterocycles. The maximum Gasteiger partial charge on any atom is 0.319 e. The third-order valence-electron chi connectivity index (χ3n) is 5.93. The Labute approximate surface area is 189 Å². The smallest absolute Gasteiger partial charge is 0.319 e. The van der Waals surface area contributed by atoms with E-state index in [0.29, 0.717) is 23.7 Å². The Morgan fingerprint density at radius 3 is 2.34 bits per heavy atom. The number of halogens is 3. The zero-order valence-electron chi connectivity index (χ0n) is 17.5. The van der Waals surface area contributed by atoms with Crippen molar-refractivity contribution < 1.29 is 23.1 Å². The molecule has 1 heterocycles. The maximum atomic E-state index is 14.8. The van der Waals surface area contributed by atoms with Crippen LogP contribution in [0.25, 0.3) is 0 Å². The van der Waals surface area contributed by atoms with Crippen LogP contribution >= 0.6 is 11.6 Å². The number of hydrogen-bond acceptors (Lipinski definition) is 3. The topological polar surface area (TPSA) is 70.7 Å². The maximum absolute atomic E-state index is 14.8. The highest BCUT2D eigenvalue weighted by Gasteiger charge is 2.40. The molecule has 9 heteroatoms. The molecule has 1 aliphatic heterocycles. The number of hydrogen-bond donors (Lipinski definition) is 2. The van der Waals surface area contributed by atoms with Crippen molar-refractivity contribution in [2.24, 2.45) is 5.92 Å². The molecule has 2 aliphatic rings. The molecule has 0 radical (unpaired) electrons. The predicted molar refractivity (Wildman–Crippen MR) is 117 cm³/mol. The molecule has 0 bridgehead atoms. The molecule has 2 fully saturated rings. The highest BCUT2D eigenvalue weighted by molar-refractivity contribution is 6.30. The van der Waals surface area contributed by atoms with Crippen LogP contribution in [-0.2, 0) is 4.79 Å². The molecule has 4 rings (SSSR count). The van der Waals surface area contributed by atoms with E-state index in [9.17, 15) is 18.4 Å². The molecule has 3 amide bonds.